The van der Waals surface area contributed by atoms with Crippen LogP contribution in [0.1, 0.15) is 21.5 Å². The molecular formula is C21H15N5O. The summed E-state index contributed by atoms with van der Waals surface area (Å²) in [5, 5.41) is 17.5. The molecule has 2 aromatic heterocycles. The minimum atomic E-state index is -0.299. The first kappa shape index (κ1) is 16.5. The minimum absolute atomic E-state index is 0.270. The molecule has 0 saturated heterocycles. The summed E-state index contributed by atoms with van der Waals surface area (Å²) >= 11 is 0. The van der Waals surface area contributed by atoms with E-state index >= 15 is 0 Å². The number of carbonyl (C=O) groups excluding carboxylic acids is 1. The first-order valence-electron chi connectivity index (χ1n) is 8.38. The maximum atomic E-state index is 12.7. The van der Waals surface area contributed by atoms with E-state index in [2.05, 4.69) is 21.5 Å². The molecule has 0 radical (unpaired) electrons. The lowest BCUT2D eigenvalue weighted by Gasteiger charge is -2.11. The number of nitrogens with one attached hydrogen (secondary N) is 1. The van der Waals surface area contributed by atoms with E-state index in [1.165, 1.54) is 10.9 Å². The summed E-state index contributed by atoms with van der Waals surface area (Å²) in [7, 11) is 0. The molecule has 0 bridgehead atoms. The smallest absolute Gasteiger partial charge is 0.257 e. The number of aryl methyl sites for hydroxylation is 1. The zero-order valence-corrected chi connectivity index (χ0v) is 14.5. The third-order valence-electron chi connectivity index (χ3n) is 4.31. The van der Waals surface area contributed by atoms with Crippen LogP contribution in [-0.4, -0.2) is 20.7 Å². The number of nitrogens with zero attached hydrogens (tertiary/aromatic N) is 4. The highest BCUT2D eigenvalue weighted by molar-refractivity contribution is 6.05. The second-order valence-electron chi connectivity index (χ2n) is 6.06. The predicted molar refractivity (Wildman–Crippen MR) is 103 cm³/mol. The predicted octanol–water partition coefficient (Wildman–Crippen LogP) is 3.85. The molecule has 0 saturated carbocycles. The molecule has 2 aromatic carbocycles. The van der Waals surface area contributed by atoms with Gasteiger partial charge in [0.05, 0.1) is 11.7 Å². The molecule has 130 valence electrons. The molecule has 0 spiro atoms. The Balaban J connectivity index is 1.77. The number of nitriles is 1. The molecule has 6 nitrogen and oxygen atoms in total. The summed E-state index contributed by atoms with van der Waals surface area (Å²) < 4.78 is 1.47. The lowest BCUT2D eigenvalue weighted by Crippen LogP contribution is -2.17. The summed E-state index contributed by atoms with van der Waals surface area (Å²) in [5.41, 5.74) is 2.47. The number of benzene rings is 2. The van der Waals surface area contributed by atoms with Gasteiger partial charge in [-0.25, -0.2) is 4.98 Å². The maximum Gasteiger partial charge on any atom is 0.257 e. The third kappa shape index (κ3) is 3.02. The van der Waals surface area contributed by atoms with Gasteiger partial charge in [0.1, 0.15) is 11.6 Å². The highest BCUT2D eigenvalue weighted by Crippen LogP contribution is 2.22. The zero-order chi connectivity index (χ0) is 18.8. The van der Waals surface area contributed by atoms with Gasteiger partial charge in [0.15, 0.2) is 11.6 Å². The van der Waals surface area contributed by atoms with E-state index in [9.17, 15) is 10.1 Å². The molecule has 0 atom stereocenters. The summed E-state index contributed by atoms with van der Waals surface area (Å²) in [4.78, 5) is 17.3. The van der Waals surface area contributed by atoms with Gasteiger partial charge in [0, 0.05) is 10.9 Å². The molecule has 0 unspecified atom stereocenters. The Morgan fingerprint density at radius 1 is 1.07 bits per heavy atom. The molecule has 4 aromatic rings. The molecule has 0 fully saturated rings. The van der Waals surface area contributed by atoms with E-state index in [4.69, 9.17) is 0 Å². The number of amides is 1. The Labute approximate surface area is 155 Å². The van der Waals surface area contributed by atoms with Crippen molar-refractivity contribution in [2.75, 3.05) is 5.32 Å². The van der Waals surface area contributed by atoms with Crippen molar-refractivity contribution in [3.8, 4) is 11.9 Å². The Morgan fingerprint density at radius 3 is 2.67 bits per heavy atom. The SMILES string of the molecule is Cc1ccccc1C(=O)Nc1c(C#N)cnn1-c1ccc2ccccc2n1. The average molecular weight is 353 g/mol. The first-order valence-corrected chi connectivity index (χ1v) is 8.38. The highest BCUT2D eigenvalue weighted by Gasteiger charge is 2.18. The Bertz CT molecular complexity index is 1200. The second-order valence-corrected chi connectivity index (χ2v) is 6.06. The Kier molecular flexibility index (Phi) is 4.11. The van der Waals surface area contributed by atoms with Crippen molar-refractivity contribution in [2.24, 2.45) is 0 Å². The quantitative estimate of drug-likeness (QED) is 0.606. The van der Waals surface area contributed by atoms with Gasteiger partial charge in [-0.2, -0.15) is 15.0 Å². The average Bonchev–Trinajstić information content (AvgIpc) is 3.10. The van der Waals surface area contributed by atoms with Crippen LogP contribution in [0.4, 0.5) is 5.82 Å². The monoisotopic (exact) mass is 353 g/mol. The fourth-order valence-corrected chi connectivity index (χ4v) is 2.90. The van der Waals surface area contributed by atoms with Gasteiger partial charge < -0.3 is 5.32 Å². The number of para-hydroxylation sites is 1. The standard InChI is InChI=1S/C21H15N5O/c1-14-6-2-4-8-17(14)21(27)25-20-16(12-22)13-23-26(20)19-11-10-15-7-3-5-9-18(15)24-19/h2-11,13H,1H3,(H,25,27). The van der Waals surface area contributed by atoms with E-state index < -0.39 is 0 Å². The van der Waals surface area contributed by atoms with Crippen LogP contribution in [0.15, 0.2) is 66.9 Å². The molecule has 27 heavy (non-hydrogen) atoms. The minimum Gasteiger partial charge on any atom is -0.305 e. The number of hydrogen-bond donors (Lipinski definition) is 1. The van der Waals surface area contributed by atoms with Crippen LogP contribution in [-0.2, 0) is 0 Å². The van der Waals surface area contributed by atoms with Gasteiger partial charge in [-0.15, -0.1) is 0 Å². The van der Waals surface area contributed by atoms with E-state index in [1.54, 1.807) is 18.2 Å². The van der Waals surface area contributed by atoms with Crippen LogP contribution in [0.25, 0.3) is 16.7 Å². The molecule has 0 aliphatic rings. The van der Waals surface area contributed by atoms with Crippen LogP contribution in [0.2, 0.25) is 0 Å². The number of rotatable bonds is 3. The molecule has 0 aliphatic carbocycles. The van der Waals surface area contributed by atoms with Crippen molar-refractivity contribution in [3.05, 3.63) is 83.6 Å². The molecule has 0 aliphatic heterocycles. The first-order chi connectivity index (χ1) is 13.2. The van der Waals surface area contributed by atoms with Crippen molar-refractivity contribution in [1.82, 2.24) is 14.8 Å². The van der Waals surface area contributed by atoms with E-state index in [0.29, 0.717) is 17.2 Å². The third-order valence-corrected chi connectivity index (χ3v) is 4.31. The number of hydrogen-bond acceptors (Lipinski definition) is 4. The summed E-state index contributed by atoms with van der Waals surface area (Å²) in [6.45, 7) is 1.86. The number of fused-ring (bicyclic) bond motifs is 1. The van der Waals surface area contributed by atoms with Crippen LogP contribution >= 0.6 is 0 Å². The number of anilines is 1. The summed E-state index contributed by atoms with van der Waals surface area (Å²) in [6.07, 6.45) is 1.42. The van der Waals surface area contributed by atoms with Gasteiger partial charge in [-0.05, 0) is 36.8 Å². The maximum absolute atomic E-state index is 12.7. The molecule has 2 heterocycles. The summed E-state index contributed by atoms with van der Waals surface area (Å²) in [5.74, 6) is 0.524. The van der Waals surface area contributed by atoms with Crippen LogP contribution in [0.5, 0.6) is 0 Å². The van der Waals surface area contributed by atoms with Gasteiger partial charge in [-0.3, -0.25) is 4.79 Å². The molecule has 1 amide bonds. The fourth-order valence-electron chi connectivity index (χ4n) is 2.90. The normalized spacial score (nSPS) is 10.5. The topological polar surface area (TPSA) is 83.6 Å². The van der Waals surface area contributed by atoms with Crippen LogP contribution in [0.3, 0.4) is 0 Å². The summed E-state index contributed by atoms with van der Waals surface area (Å²) in [6, 6.07) is 20.8. The van der Waals surface area contributed by atoms with E-state index in [0.717, 1.165) is 16.5 Å². The lowest BCUT2D eigenvalue weighted by atomic mass is 10.1. The molecule has 1 N–H and O–H groups in total. The van der Waals surface area contributed by atoms with Crippen LogP contribution in [0, 0.1) is 18.3 Å². The van der Waals surface area contributed by atoms with Gasteiger partial charge in [0.25, 0.3) is 5.91 Å². The zero-order valence-electron chi connectivity index (χ0n) is 14.5. The Hall–Kier alpha value is -3.98. The molecular weight excluding hydrogens is 338 g/mol. The van der Waals surface area contributed by atoms with Crippen molar-refractivity contribution in [3.63, 3.8) is 0 Å². The second kappa shape index (κ2) is 6.73. The lowest BCUT2D eigenvalue weighted by molar-refractivity contribution is 0.102. The fraction of sp³-hybridized carbons (Fsp3) is 0.0476. The van der Waals surface area contributed by atoms with Gasteiger partial charge in [-0.1, -0.05) is 36.4 Å². The van der Waals surface area contributed by atoms with E-state index in [-0.39, 0.29) is 11.5 Å². The molecule has 6 heteroatoms. The van der Waals surface area contributed by atoms with Crippen LogP contribution < -0.4 is 5.32 Å². The van der Waals surface area contributed by atoms with E-state index in [1.807, 2.05) is 49.4 Å². The van der Waals surface area contributed by atoms with Crippen molar-refractivity contribution >= 4 is 22.6 Å². The van der Waals surface area contributed by atoms with Gasteiger partial charge >= 0.3 is 0 Å². The largest absolute Gasteiger partial charge is 0.305 e. The van der Waals surface area contributed by atoms with Crippen molar-refractivity contribution in [1.29, 1.82) is 5.26 Å². The number of pyridine rings is 1. The number of aromatic nitrogens is 3. The Morgan fingerprint density at radius 2 is 1.85 bits per heavy atom. The molecule has 4 rings (SSSR count). The van der Waals surface area contributed by atoms with Crippen molar-refractivity contribution in [2.45, 2.75) is 6.92 Å². The highest BCUT2D eigenvalue weighted by atomic mass is 16.1. The van der Waals surface area contributed by atoms with Crippen molar-refractivity contribution < 1.29 is 4.79 Å². The van der Waals surface area contributed by atoms with Gasteiger partial charge in [0.2, 0.25) is 0 Å². The number of carbonyl (C=O) groups is 1.